The number of hydrogen-bond donors (Lipinski definition) is 8. The van der Waals surface area contributed by atoms with Crippen molar-refractivity contribution in [3.05, 3.63) is 389 Å². The molecule has 14 aromatic rings. The van der Waals surface area contributed by atoms with E-state index in [9.17, 15) is 32.3 Å². The van der Waals surface area contributed by atoms with Gasteiger partial charge in [0, 0.05) is 144 Å². The van der Waals surface area contributed by atoms with Gasteiger partial charge in [0.2, 0.25) is 0 Å². The summed E-state index contributed by atoms with van der Waals surface area (Å²) in [6, 6.07) is 73.0. The van der Waals surface area contributed by atoms with Crippen molar-refractivity contribution in [3.8, 4) is 28.5 Å². The number of amides is 1. The van der Waals surface area contributed by atoms with Crippen molar-refractivity contribution in [2.75, 3.05) is 42.2 Å². The Hall–Kier alpha value is -13.0. The fraction of sp³-hybridized carbons (Fsp3) is 0.0690. The van der Waals surface area contributed by atoms with Crippen molar-refractivity contribution in [1.82, 2.24) is 34.8 Å². The van der Waals surface area contributed by atoms with E-state index in [1.807, 2.05) is 66.7 Å². The second-order valence-corrected chi connectivity index (χ2v) is 25.5. The number of nitrogens with one attached hydrogen (secondary N) is 3. The van der Waals surface area contributed by atoms with E-state index in [1.54, 1.807) is 177 Å². The summed E-state index contributed by atoms with van der Waals surface area (Å²) in [5.74, 6) is -1.72. The minimum absolute atomic E-state index is 0.0736. The molecule has 0 spiro atoms. The zero-order valence-electron chi connectivity index (χ0n) is 62.6. The Kier molecular flexibility index (Phi) is 41.1. The summed E-state index contributed by atoms with van der Waals surface area (Å²) in [6.45, 7) is 10.1. The predicted octanol–water partition coefficient (Wildman–Crippen LogP) is 18.5. The molecule has 0 aliphatic heterocycles. The van der Waals surface area contributed by atoms with Crippen LogP contribution in [0.2, 0.25) is 0 Å². The molecule has 0 radical (unpaired) electrons. The van der Waals surface area contributed by atoms with Crippen LogP contribution in [0.4, 0.5) is 35.9 Å². The second kappa shape index (κ2) is 50.9. The van der Waals surface area contributed by atoms with Crippen LogP contribution in [0, 0.1) is 34.2 Å². The zero-order chi connectivity index (χ0) is 84.8. The van der Waals surface area contributed by atoms with Gasteiger partial charge in [-0.3, -0.25) is 58.6 Å². The number of hydrogen-bond acceptors (Lipinski definition) is 18. The number of halogens is 5. The summed E-state index contributed by atoms with van der Waals surface area (Å²) in [7, 11) is -4.67. The molecule has 6 aromatic heterocycles. The number of pyridine rings is 5. The van der Waals surface area contributed by atoms with Crippen LogP contribution in [0.5, 0.6) is 0 Å². The zero-order valence-corrected chi connectivity index (χ0v) is 67.3. The molecule has 0 unspecified atom stereocenters. The number of nitrogen functional groups attached to an aromatic ring is 3. The number of nitriles is 1. The van der Waals surface area contributed by atoms with Crippen molar-refractivity contribution < 1.29 is 73.6 Å². The molecular weight excluding hydrogens is 1620 g/mol. The fourth-order valence-electron chi connectivity index (χ4n) is 9.98. The van der Waals surface area contributed by atoms with Crippen molar-refractivity contribution in [2.45, 2.75) is 20.8 Å². The number of nitrogens with two attached hydrogens (primary N) is 3. The molecule has 0 aliphatic carbocycles. The number of fused-ring (bicyclic) bond motifs is 1. The molecule has 0 saturated heterocycles. The number of carbonyl (C=O) groups is 4. The van der Waals surface area contributed by atoms with Gasteiger partial charge >= 0.3 is 34.1 Å². The van der Waals surface area contributed by atoms with Crippen molar-refractivity contribution in [1.29, 1.82) is 10.7 Å². The standard InChI is InChI=1S/C19H13FN2O2.C19H13FN2.C12H11N3.C12H10N2O.C7H4ClFO.C7H6N2.C6H15N.C5H4BrN.H2O4S.O.Ti/c20-15-7-5-14(6-8-15)19(24)22-17-4-2-1-3-16(17)18(23)13-9-11-21-12-10-13;20-15-7-5-14(6-8-15)19-18(13-9-11-21-12-10-13)16-3-1-2-4-17(16)22-19;13-11-4-2-1-3-10(11)12(14)9-5-7-15-8-6-9;13-11-4-2-1-3-10(11)12(15)9-5-7-14-8-6-9;8-7(10)5-1-3-6(9)4-2-5;8-5-6-3-1-2-4-7(6)9;1-4-7(5-2)6-3;6-5-1-3-7-4-2-5;1-5(2,3)4;;/h1-12H,(H,22,24);1-12,22H;1-8,14H,13H2;1-8H,13H2;1-4H;1-4H,9H2;4-6H2,1-3H3;1-4H;(H2,1,2,3,4);;. The van der Waals surface area contributed by atoms with Crippen LogP contribution in [-0.2, 0) is 34.1 Å². The van der Waals surface area contributed by atoms with E-state index in [1.165, 1.54) is 92.7 Å². The van der Waals surface area contributed by atoms with E-state index in [0.717, 1.165) is 69.3 Å². The maximum absolute atomic E-state index is 13.2. The van der Waals surface area contributed by atoms with Crippen LogP contribution in [0.1, 0.15) is 90.0 Å². The molecule has 0 aliphatic rings. The van der Waals surface area contributed by atoms with Gasteiger partial charge in [-0.05, 0) is 224 Å². The number of nitrogens with zero attached hydrogens (tertiary/aromatic N) is 7. The van der Waals surface area contributed by atoms with Gasteiger partial charge in [0.1, 0.15) is 23.5 Å². The molecular formula is C87H78BrClF3N13O9STi. The van der Waals surface area contributed by atoms with E-state index >= 15 is 0 Å². The fourth-order valence-corrected chi connectivity index (χ4v) is 10.3. The van der Waals surface area contributed by atoms with Gasteiger partial charge < -0.3 is 32.4 Å². The third kappa shape index (κ3) is 32.6. The summed E-state index contributed by atoms with van der Waals surface area (Å²) in [5, 5.41) is 19.7. The van der Waals surface area contributed by atoms with Crippen molar-refractivity contribution in [2.24, 2.45) is 0 Å². The number of ketones is 2. The predicted molar refractivity (Wildman–Crippen MR) is 447 cm³/mol. The molecule has 116 heavy (non-hydrogen) atoms. The van der Waals surface area contributed by atoms with Crippen LogP contribution in [-0.4, -0.2) is 100 Å². The van der Waals surface area contributed by atoms with Gasteiger partial charge in [-0.15, -0.1) is 0 Å². The number of benzene rings is 8. The molecule has 1 amide bonds. The van der Waals surface area contributed by atoms with Gasteiger partial charge in [0.25, 0.3) is 11.1 Å². The van der Waals surface area contributed by atoms with Crippen molar-refractivity contribution in [3.63, 3.8) is 0 Å². The third-order valence-electron chi connectivity index (χ3n) is 15.8. The summed E-state index contributed by atoms with van der Waals surface area (Å²) >= 11 is 9.12. The van der Waals surface area contributed by atoms with E-state index in [0.29, 0.717) is 67.4 Å². The number of aromatic nitrogens is 6. The first-order valence-electron chi connectivity index (χ1n) is 34.7. The monoisotopic (exact) mass is 1700 g/mol. The Morgan fingerprint density at radius 3 is 1.28 bits per heavy atom. The summed E-state index contributed by atoms with van der Waals surface area (Å²) in [5.41, 5.74) is 29.4. The molecule has 29 heteroatoms. The van der Waals surface area contributed by atoms with E-state index in [-0.39, 0.29) is 23.2 Å². The summed E-state index contributed by atoms with van der Waals surface area (Å²) < 4.78 is 79.3. The Labute approximate surface area is 694 Å². The second-order valence-electron chi connectivity index (χ2n) is 23.3. The molecule has 0 saturated carbocycles. The molecule has 6 heterocycles. The Morgan fingerprint density at radius 2 is 0.862 bits per heavy atom. The van der Waals surface area contributed by atoms with Crippen LogP contribution in [0.15, 0.2) is 321 Å². The van der Waals surface area contributed by atoms with Crippen LogP contribution < -0.4 is 22.5 Å². The number of H-pyrrole nitrogens is 1. The minimum atomic E-state index is -4.67. The molecule has 11 N–H and O–H groups in total. The van der Waals surface area contributed by atoms with Crippen LogP contribution in [0.3, 0.4) is 0 Å². The molecule has 8 aromatic carbocycles. The molecule has 0 fully saturated rings. The van der Waals surface area contributed by atoms with Gasteiger partial charge in [-0.2, -0.15) is 13.7 Å². The Morgan fingerprint density at radius 1 is 0.491 bits per heavy atom. The summed E-state index contributed by atoms with van der Waals surface area (Å²) in [4.78, 5) is 72.6. The SMILES string of the molecule is Brc1ccncc1.CCN(CC)CC.Fc1ccc(-c2[nH]c3ccccc3c2-c2ccncc2)cc1.N#Cc1ccccc1N.N=C(c1ccncc1)c1ccccc1N.Nc1ccccc1C(=O)c1ccncc1.O=C(Cl)c1ccc(F)cc1.O=C(Nc1ccccc1C(=O)c1ccncc1)c1ccc(F)cc1.O=S(=O)(O)O.[O]=[Ti]. The normalized spacial score (nSPS) is 9.87. The first-order chi connectivity index (χ1) is 55.8. The van der Waals surface area contributed by atoms with Gasteiger partial charge in [-0.25, -0.2) is 13.2 Å². The van der Waals surface area contributed by atoms with Gasteiger partial charge in [0.05, 0.1) is 22.7 Å². The molecule has 0 bridgehead atoms. The topological polar surface area (TPSA) is 381 Å². The molecule has 0 atom stereocenters. The van der Waals surface area contributed by atoms with E-state index < -0.39 is 27.4 Å². The van der Waals surface area contributed by atoms with E-state index in [2.05, 4.69) is 82.9 Å². The number of aromatic amines is 1. The Bertz CT molecular complexity index is 5440. The number of carbonyl (C=O) groups excluding carboxylic acids is 4. The first-order valence-corrected chi connectivity index (χ1v) is 37.9. The van der Waals surface area contributed by atoms with Crippen LogP contribution >= 0.6 is 27.5 Å². The Balaban J connectivity index is 0.000000242. The first kappa shape index (κ1) is 93.6. The van der Waals surface area contributed by atoms with E-state index in [4.69, 9.17) is 60.3 Å². The molecule has 14 rings (SSSR count). The number of para-hydroxylation sites is 5. The van der Waals surface area contributed by atoms with Crippen molar-refractivity contribution >= 4 is 100 Å². The maximum atomic E-state index is 13.2. The summed E-state index contributed by atoms with van der Waals surface area (Å²) in [6.07, 6.45) is 16.6. The average molecular weight is 1700 g/mol. The molecule has 590 valence electrons. The number of anilines is 4. The average Bonchev–Trinajstić information content (AvgIpc) is 1.62. The van der Waals surface area contributed by atoms with Crippen LogP contribution in [0.25, 0.3) is 33.3 Å². The third-order valence-corrected chi connectivity index (χ3v) is 16.5. The van der Waals surface area contributed by atoms with Gasteiger partial charge in [-0.1, -0.05) is 109 Å². The number of rotatable bonds is 14. The quantitative estimate of drug-likeness (QED) is 0.0125. The molecule has 22 nitrogen and oxygen atoms in total. The van der Waals surface area contributed by atoms with Gasteiger partial charge in [0.15, 0.2) is 11.6 Å².